The Hall–Kier alpha value is -4.26. The Balaban J connectivity index is 1.61. The third kappa shape index (κ3) is 3.69. The summed E-state index contributed by atoms with van der Waals surface area (Å²) < 4.78 is 11.7. The molecule has 1 atom stereocenters. The van der Waals surface area contributed by atoms with Crippen LogP contribution in [0.1, 0.15) is 17.0 Å². The minimum absolute atomic E-state index is 0.163. The van der Waals surface area contributed by atoms with Gasteiger partial charge in [-0.3, -0.25) is 10.4 Å². The second-order valence-electron chi connectivity index (χ2n) is 7.20. The van der Waals surface area contributed by atoms with Crippen molar-refractivity contribution in [3.05, 3.63) is 90.8 Å². The van der Waals surface area contributed by atoms with Crippen molar-refractivity contribution in [3.8, 4) is 33.8 Å². The van der Waals surface area contributed by atoms with Crippen LogP contribution in [-0.4, -0.2) is 27.6 Å². The van der Waals surface area contributed by atoms with Gasteiger partial charge in [0.25, 0.3) is 6.02 Å². The number of benzene rings is 2. The number of aromatic nitrogens is 3. The van der Waals surface area contributed by atoms with Crippen LogP contribution < -0.4 is 10.5 Å². The Kier molecular flexibility index (Phi) is 4.76. The van der Waals surface area contributed by atoms with E-state index in [9.17, 15) is 0 Å². The van der Waals surface area contributed by atoms with E-state index in [1.54, 1.807) is 18.6 Å². The van der Waals surface area contributed by atoms with Crippen molar-refractivity contribution >= 4 is 6.02 Å². The van der Waals surface area contributed by atoms with E-state index in [1.165, 1.54) is 6.33 Å². The van der Waals surface area contributed by atoms with Crippen LogP contribution in [-0.2, 0) is 4.74 Å². The number of amidine groups is 1. The Labute approximate surface area is 179 Å². The summed E-state index contributed by atoms with van der Waals surface area (Å²) in [5.74, 6) is 1.34. The maximum atomic E-state index is 7.53. The Morgan fingerprint density at radius 1 is 0.871 bits per heavy atom. The van der Waals surface area contributed by atoms with Crippen LogP contribution in [0.5, 0.6) is 11.5 Å². The van der Waals surface area contributed by atoms with E-state index in [0.29, 0.717) is 0 Å². The monoisotopic (exact) mass is 409 g/mol. The maximum Gasteiger partial charge on any atom is 0.279 e. The van der Waals surface area contributed by atoms with Crippen molar-refractivity contribution in [3.63, 3.8) is 0 Å². The number of pyridine rings is 1. The van der Waals surface area contributed by atoms with E-state index in [2.05, 4.69) is 27.1 Å². The molecule has 1 aliphatic heterocycles. The number of hydrogen-bond acceptors (Lipinski definition) is 6. The molecular weight excluding hydrogens is 390 g/mol. The number of rotatable bonds is 4. The predicted molar refractivity (Wildman–Crippen MR) is 117 cm³/mol. The van der Waals surface area contributed by atoms with Crippen LogP contribution in [0.15, 0.2) is 79.6 Å². The molecule has 0 radical (unpaired) electrons. The van der Waals surface area contributed by atoms with Crippen LogP contribution in [0.3, 0.4) is 0 Å². The molecule has 2 aromatic carbocycles. The van der Waals surface area contributed by atoms with Gasteiger partial charge in [0, 0.05) is 47.0 Å². The minimum atomic E-state index is -0.314. The number of ether oxygens (including phenoxy) is 2. The zero-order valence-electron chi connectivity index (χ0n) is 16.5. The second kappa shape index (κ2) is 7.87. The molecule has 0 saturated heterocycles. The van der Waals surface area contributed by atoms with Gasteiger partial charge in [0.1, 0.15) is 24.4 Å². The molecule has 1 unspecified atom stereocenters. The van der Waals surface area contributed by atoms with Crippen LogP contribution in [0.4, 0.5) is 0 Å². The molecular formula is C24H19N5O2. The third-order valence-corrected chi connectivity index (χ3v) is 5.28. The van der Waals surface area contributed by atoms with Crippen molar-refractivity contribution in [2.24, 2.45) is 5.73 Å². The van der Waals surface area contributed by atoms with Gasteiger partial charge in [-0.15, -0.1) is 0 Å². The molecule has 0 fully saturated rings. The Morgan fingerprint density at radius 3 is 2.13 bits per heavy atom. The lowest BCUT2D eigenvalue weighted by molar-refractivity contribution is 0.274. The molecule has 152 valence electrons. The molecule has 2 aromatic heterocycles. The van der Waals surface area contributed by atoms with E-state index in [0.717, 1.165) is 44.9 Å². The van der Waals surface area contributed by atoms with Crippen LogP contribution >= 0.6 is 0 Å². The highest BCUT2D eigenvalue weighted by atomic mass is 16.5. The standard InChI is InChI=1S/C24H19N5O2/c25-24(26)30-13-21-19-8-15(17-2-1-7-27-10-17)3-5-22(19)31-23-6-4-16(9-20(21)23)18-11-28-14-29-12-18/h1-12,14,21H,13H2,(H3,25,26). The fourth-order valence-electron chi connectivity index (χ4n) is 3.81. The van der Waals surface area contributed by atoms with Gasteiger partial charge >= 0.3 is 0 Å². The normalized spacial score (nSPS) is 14.1. The first-order valence-corrected chi connectivity index (χ1v) is 9.77. The molecule has 0 bridgehead atoms. The van der Waals surface area contributed by atoms with E-state index >= 15 is 0 Å². The summed E-state index contributed by atoms with van der Waals surface area (Å²) in [7, 11) is 0. The molecule has 0 amide bonds. The quantitative estimate of drug-likeness (QED) is 0.383. The molecule has 0 aliphatic carbocycles. The summed E-state index contributed by atoms with van der Waals surface area (Å²) in [5, 5.41) is 7.53. The predicted octanol–water partition coefficient (Wildman–Crippen LogP) is 4.35. The lowest BCUT2D eigenvalue weighted by atomic mass is 9.85. The summed E-state index contributed by atoms with van der Waals surface area (Å²) in [4.78, 5) is 12.5. The summed E-state index contributed by atoms with van der Waals surface area (Å²) in [6.45, 7) is 0.226. The lowest BCUT2D eigenvalue weighted by Crippen LogP contribution is -2.21. The fourth-order valence-corrected chi connectivity index (χ4v) is 3.81. The van der Waals surface area contributed by atoms with E-state index in [-0.39, 0.29) is 18.5 Å². The molecule has 5 rings (SSSR count). The molecule has 7 heteroatoms. The molecule has 7 nitrogen and oxygen atoms in total. The van der Waals surface area contributed by atoms with Gasteiger partial charge in [0.05, 0.1) is 5.92 Å². The first-order valence-electron chi connectivity index (χ1n) is 9.77. The zero-order chi connectivity index (χ0) is 21.2. The van der Waals surface area contributed by atoms with Crippen LogP contribution in [0, 0.1) is 5.41 Å². The van der Waals surface area contributed by atoms with Crippen LogP contribution in [0.25, 0.3) is 22.3 Å². The van der Waals surface area contributed by atoms with E-state index in [4.69, 9.17) is 20.6 Å². The largest absolute Gasteiger partial charge is 0.465 e. The summed E-state index contributed by atoms with van der Waals surface area (Å²) in [6, 6.07) is 15.6. The van der Waals surface area contributed by atoms with Gasteiger partial charge in [0.2, 0.25) is 0 Å². The number of nitrogens with zero attached hydrogens (tertiary/aromatic N) is 3. The highest BCUT2D eigenvalue weighted by Gasteiger charge is 2.29. The zero-order valence-corrected chi connectivity index (χ0v) is 16.5. The van der Waals surface area contributed by atoms with Crippen molar-refractivity contribution in [1.29, 1.82) is 5.41 Å². The van der Waals surface area contributed by atoms with Gasteiger partial charge in [0.15, 0.2) is 0 Å². The Morgan fingerprint density at radius 2 is 1.52 bits per heavy atom. The van der Waals surface area contributed by atoms with Gasteiger partial charge in [-0.1, -0.05) is 18.2 Å². The number of nitrogens with two attached hydrogens (primary N) is 1. The second-order valence-corrected chi connectivity index (χ2v) is 7.20. The average Bonchev–Trinajstić information content (AvgIpc) is 2.82. The summed E-state index contributed by atoms with van der Waals surface area (Å²) in [5.41, 5.74) is 11.3. The average molecular weight is 409 g/mol. The molecule has 3 heterocycles. The van der Waals surface area contributed by atoms with Crippen molar-refractivity contribution < 1.29 is 9.47 Å². The maximum absolute atomic E-state index is 7.53. The van der Waals surface area contributed by atoms with E-state index < -0.39 is 0 Å². The molecule has 31 heavy (non-hydrogen) atoms. The Bertz CT molecular complexity index is 1160. The highest BCUT2D eigenvalue weighted by molar-refractivity contribution is 5.71. The van der Waals surface area contributed by atoms with Crippen molar-refractivity contribution in [2.75, 3.05) is 6.61 Å². The summed E-state index contributed by atoms with van der Waals surface area (Å²) >= 11 is 0. The fraction of sp³-hybridized carbons (Fsp3) is 0.0833. The number of hydrogen-bond donors (Lipinski definition) is 2. The van der Waals surface area contributed by atoms with Gasteiger partial charge < -0.3 is 15.2 Å². The summed E-state index contributed by atoms with van der Waals surface area (Å²) in [6.07, 6.45) is 8.63. The van der Waals surface area contributed by atoms with E-state index in [1.807, 2.05) is 42.6 Å². The van der Waals surface area contributed by atoms with Gasteiger partial charge in [-0.2, -0.15) is 0 Å². The first-order chi connectivity index (χ1) is 15.2. The third-order valence-electron chi connectivity index (χ3n) is 5.28. The SMILES string of the molecule is N=C(N)OCC1c2cc(-c3cccnc3)ccc2Oc2ccc(-c3cncnc3)cc21. The number of nitrogens with one attached hydrogen (secondary N) is 1. The number of fused-ring (bicyclic) bond motifs is 2. The van der Waals surface area contributed by atoms with Crippen LogP contribution in [0.2, 0.25) is 0 Å². The minimum Gasteiger partial charge on any atom is -0.465 e. The lowest BCUT2D eigenvalue weighted by Gasteiger charge is -2.29. The molecule has 3 N–H and O–H groups in total. The van der Waals surface area contributed by atoms with Crippen molar-refractivity contribution in [2.45, 2.75) is 5.92 Å². The molecule has 0 spiro atoms. The highest BCUT2D eigenvalue weighted by Crippen LogP contribution is 2.46. The molecule has 1 aliphatic rings. The first kappa shape index (κ1) is 18.7. The molecule has 4 aromatic rings. The smallest absolute Gasteiger partial charge is 0.279 e. The van der Waals surface area contributed by atoms with Crippen molar-refractivity contribution in [1.82, 2.24) is 15.0 Å². The van der Waals surface area contributed by atoms with Gasteiger partial charge in [-0.25, -0.2) is 9.97 Å². The topological polar surface area (TPSA) is 107 Å². The molecule has 0 saturated carbocycles. The van der Waals surface area contributed by atoms with Gasteiger partial charge in [-0.05, 0) is 41.5 Å².